The van der Waals surface area contributed by atoms with Gasteiger partial charge in [-0.05, 0) is 23.3 Å². The first-order chi connectivity index (χ1) is 8.25. The zero-order valence-electron chi connectivity index (χ0n) is 9.17. The molecule has 0 unspecified atom stereocenters. The van der Waals surface area contributed by atoms with Gasteiger partial charge in [0.2, 0.25) is 0 Å². The molecule has 0 radical (unpaired) electrons. The molecule has 0 bridgehead atoms. The van der Waals surface area contributed by atoms with Gasteiger partial charge in [-0.1, -0.05) is 42.5 Å². The molecule has 2 aromatic carbocycles. The molecule has 0 aliphatic carbocycles. The second-order valence-electron chi connectivity index (χ2n) is 3.58. The molecule has 86 valence electrons. The molecule has 2 rings (SSSR count). The summed E-state index contributed by atoms with van der Waals surface area (Å²) in [6, 6.07) is 17.2. The molecule has 17 heavy (non-hydrogen) atoms. The molecule has 0 fully saturated rings. The predicted molar refractivity (Wildman–Crippen MR) is 65.0 cm³/mol. The second-order valence-corrected chi connectivity index (χ2v) is 3.58. The van der Waals surface area contributed by atoms with E-state index in [0.29, 0.717) is 5.75 Å². The van der Waals surface area contributed by atoms with Crippen LogP contribution in [0.3, 0.4) is 0 Å². The molecular formula is C14H12O3. The van der Waals surface area contributed by atoms with E-state index in [-0.39, 0.29) is 6.61 Å². The van der Waals surface area contributed by atoms with E-state index in [2.05, 4.69) is 0 Å². The molecule has 3 nitrogen and oxygen atoms in total. The van der Waals surface area contributed by atoms with Crippen molar-refractivity contribution in [3.05, 3.63) is 54.6 Å². The number of carboxylic acids is 1. The van der Waals surface area contributed by atoms with Gasteiger partial charge in [0.15, 0.2) is 6.61 Å². The molecule has 0 aliphatic rings. The molecule has 0 saturated heterocycles. The minimum atomic E-state index is -0.977. The van der Waals surface area contributed by atoms with Crippen LogP contribution in [0, 0.1) is 0 Å². The van der Waals surface area contributed by atoms with Crippen molar-refractivity contribution in [2.75, 3.05) is 6.61 Å². The number of rotatable bonds is 4. The Morgan fingerprint density at radius 2 is 1.71 bits per heavy atom. The second kappa shape index (κ2) is 5.16. The highest BCUT2D eigenvalue weighted by atomic mass is 16.5. The van der Waals surface area contributed by atoms with E-state index in [4.69, 9.17) is 9.84 Å². The summed E-state index contributed by atoms with van der Waals surface area (Å²) < 4.78 is 5.13. The number of aliphatic carboxylic acids is 1. The highest BCUT2D eigenvalue weighted by molar-refractivity contribution is 5.69. The van der Waals surface area contributed by atoms with Crippen molar-refractivity contribution in [2.24, 2.45) is 0 Å². The first-order valence-corrected chi connectivity index (χ1v) is 5.26. The maximum atomic E-state index is 10.4. The van der Waals surface area contributed by atoms with Gasteiger partial charge in [0, 0.05) is 0 Å². The van der Waals surface area contributed by atoms with E-state index in [1.807, 2.05) is 48.5 Å². The minimum absolute atomic E-state index is 0.321. The van der Waals surface area contributed by atoms with Gasteiger partial charge in [-0.15, -0.1) is 0 Å². The fourth-order valence-corrected chi connectivity index (χ4v) is 1.54. The summed E-state index contributed by atoms with van der Waals surface area (Å²) in [4.78, 5) is 10.4. The van der Waals surface area contributed by atoms with Crippen LogP contribution in [0.1, 0.15) is 0 Å². The Kier molecular flexibility index (Phi) is 3.40. The standard InChI is InChI=1S/C14H12O3/c15-14(16)10-17-13-8-4-7-12(9-13)11-5-2-1-3-6-11/h1-9H,10H2,(H,15,16). The van der Waals surface area contributed by atoms with Gasteiger partial charge in [0.1, 0.15) is 5.75 Å². The van der Waals surface area contributed by atoms with Crippen LogP contribution in [-0.2, 0) is 4.79 Å². The average molecular weight is 228 g/mol. The molecule has 1 N–H and O–H groups in total. The van der Waals surface area contributed by atoms with Crippen LogP contribution in [0.4, 0.5) is 0 Å². The third-order valence-electron chi connectivity index (χ3n) is 2.30. The number of carboxylic acid groups (broad SMARTS) is 1. The monoisotopic (exact) mass is 228 g/mol. The smallest absolute Gasteiger partial charge is 0.341 e. The summed E-state index contributed by atoms with van der Waals surface area (Å²) in [6.07, 6.45) is 0. The Labute approximate surface area is 99.3 Å². The lowest BCUT2D eigenvalue weighted by atomic mass is 10.1. The Bertz CT molecular complexity index is 506. The van der Waals surface area contributed by atoms with Crippen LogP contribution in [0.25, 0.3) is 11.1 Å². The van der Waals surface area contributed by atoms with Crippen molar-refractivity contribution in [1.82, 2.24) is 0 Å². The molecule has 0 heterocycles. The summed E-state index contributed by atoms with van der Waals surface area (Å²) in [6.45, 7) is -0.321. The van der Waals surface area contributed by atoms with Crippen molar-refractivity contribution in [3.8, 4) is 16.9 Å². The van der Waals surface area contributed by atoms with Gasteiger partial charge < -0.3 is 9.84 Å². The zero-order valence-corrected chi connectivity index (χ0v) is 9.17. The maximum absolute atomic E-state index is 10.4. The van der Waals surface area contributed by atoms with E-state index in [9.17, 15) is 4.79 Å². The molecule has 0 saturated carbocycles. The molecule has 0 amide bonds. The van der Waals surface area contributed by atoms with E-state index in [0.717, 1.165) is 11.1 Å². The van der Waals surface area contributed by atoms with Crippen LogP contribution in [0.5, 0.6) is 5.75 Å². The molecule has 0 aromatic heterocycles. The fourth-order valence-electron chi connectivity index (χ4n) is 1.54. The largest absolute Gasteiger partial charge is 0.482 e. The lowest BCUT2D eigenvalue weighted by Gasteiger charge is -2.06. The Morgan fingerprint density at radius 3 is 2.41 bits per heavy atom. The third-order valence-corrected chi connectivity index (χ3v) is 2.30. The van der Waals surface area contributed by atoms with Crippen molar-refractivity contribution < 1.29 is 14.6 Å². The van der Waals surface area contributed by atoms with Gasteiger partial charge in [-0.2, -0.15) is 0 Å². The van der Waals surface area contributed by atoms with Gasteiger partial charge in [-0.3, -0.25) is 0 Å². The summed E-state index contributed by atoms with van der Waals surface area (Å²) in [5.74, 6) is -0.413. The van der Waals surface area contributed by atoms with Crippen molar-refractivity contribution in [1.29, 1.82) is 0 Å². The van der Waals surface area contributed by atoms with Crippen molar-refractivity contribution >= 4 is 5.97 Å². The minimum Gasteiger partial charge on any atom is -0.482 e. The highest BCUT2D eigenvalue weighted by Crippen LogP contribution is 2.23. The number of benzene rings is 2. The summed E-state index contributed by atoms with van der Waals surface area (Å²) in [5.41, 5.74) is 2.08. The van der Waals surface area contributed by atoms with Crippen LogP contribution in [0.15, 0.2) is 54.6 Å². The molecule has 2 aromatic rings. The van der Waals surface area contributed by atoms with Crippen LogP contribution in [0.2, 0.25) is 0 Å². The van der Waals surface area contributed by atoms with Crippen LogP contribution in [-0.4, -0.2) is 17.7 Å². The predicted octanol–water partition coefficient (Wildman–Crippen LogP) is 2.82. The number of carbonyl (C=O) groups is 1. The Balaban J connectivity index is 2.20. The van der Waals surface area contributed by atoms with Gasteiger partial charge >= 0.3 is 5.97 Å². The Morgan fingerprint density at radius 1 is 1.00 bits per heavy atom. The lowest BCUT2D eigenvalue weighted by Crippen LogP contribution is -2.09. The molecule has 3 heteroatoms. The summed E-state index contributed by atoms with van der Waals surface area (Å²) >= 11 is 0. The highest BCUT2D eigenvalue weighted by Gasteiger charge is 2.01. The van der Waals surface area contributed by atoms with E-state index >= 15 is 0 Å². The Hall–Kier alpha value is -2.29. The van der Waals surface area contributed by atoms with E-state index in [1.165, 1.54) is 0 Å². The van der Waals surface area contributed by atoms with E-state index in [1.54, 1.807) is 6.07 Å². The van der Waals surface area contributed by atoms with Gasteiger partial charge in [0.05, 0.1) is 0 Å². The maximum Gasteiger partial charge on any atom is 0.341 e. The lowest BCUT2D eigenvalue weighted by molar-refractivity contribution is -0.139. The molecule has 0 aliphatic heterocycles. The number of hydrogen-bond acceptors (Lipinski definition) is 2. The first-order valence-electron chi connectivity index (χ1n) is 5.26. The average Bonchev–Trinajstić information content (AvgIpc) is 2.38. The normalized spacial score (nSPS) is 9.88. The summed E-state index contributed by atoms with van der Waals surface area (Å²) in [5, 5.41) is 8.54. The SMILES string of the molecule is O=C(O)COc1cccc(-c2ccccc2)c1. The summed E-state index contributed by atoms with van der Waals surface area (Å²) in [7, 11) is 0. The number of ether oxygens (including phenoxy) is 1. The number of hydrogen-bond donors (Lipinski definition) is 1. The van der Waals surface area contributed by atoms with Crippen LogP contribution >= 0.6 is 0 Å². The van der Waals surface area contributed by atoms with E-state index < -0.39 is 5.97 Å². The van der Waals surface area contributed by atoms with Gasteiger partial charge in [0.25, 0.3) is 0 Å². The third kappa shape index (κ3) is 3.08. The fraction of sp³-hybridized carbons (Fsp3) is 0.0714. The molecular weight excluding hydrogens is 216 g/mol. The quantitative estimate of drug-likeness (QED) is 0.875. The van der Waals surface area contributed by atoms with Crippen molar-refractivity contribution in [3.63, 3.8) is 0 Å². The van der Waals surface area contributed by atoms with Crippen LogP contribution < -0.4 is 4.74 Å². The zero-order chi connectivity index (χ0) is 12.1. The van der Waals surface area contributed by atoms with Crippen molar-refractivity contribution in [2.45, 2.75) is 0 Å². The first kappa shape index (κ1) is 11.2. The van der Waals surface area contributed by atoms with Gasteiger partial charge in [-0.25, -0.2) is 4.79 Å². The topological polar surface area (TPSA) is 46.5 Å². The molecule has 0 atom stereocenters. The molecule has 0 spiro atoms.